The standard InChI is InChI=1S/C31H46O6/c1-17(2)9-8-10-20(28(35)36)26-24(37-19(4)32)16-31(7)27(26)23(34)15-25-29(5)13-12-22(33)18(3)21(29)11-14-30(25,31)6/h9,15,18,21-24,27,33-34H,8,10-14,16H2,1-7H3,(H,35,36)/b26-20+. The Balaban J connectivity index is 1.87. The molecule has 9 atom stereocenters. The quantitative estimate of drug-likeness (QED) is 0.251. The first-order valence-electron chi connectivity index (χ1n) is 14.0. The van der Waals surface area contributed by atoms with Gasteiger partial charge >= 0.3 is 11.9 Å². The number of aliphatic hydroxyl groups excluding tert-OH is 2. The maximum atomic E-state index is 12.6. The van der Waals surface area contributed by atoms with Gasteiger partial charge in [-0.2, -0.15) is 0 Å². The Hall–Kier alpha value is -1.92. The predicted octanol–water partition coefficient (Wildman–Crippen LogP) is 5.59. The van der Waals surface area contributed by atoms with Crippen LogP contribution in [0.4, 0.5) is 0 Å². The normalized spacial score (nSPS) is 44.1. The Kier molecular flexibility index (Phi) is 7.35. The third-order valence-corrected chi connectivity index (χ3v) is 11.0. The van der Waals surface area contributed by atoms with E-state index in [0.717, 1.165) is 31.3 Å². The molecular formula is C31H46O6. The van der Waals surface area contributed by atoms with E-state index in [4.69, 9.17) is 4.74 Å². The second kappa shape index (κ2) is 9.68. The molecule has 4 aliphatic rings. The molecule has 0 heterocycles. The molecule has 0 aromatic heterocycles. The highest BCUT2D eigenvalue weighted by Crippen LogP contribution is 2.72. The molecule has 6 nitrogen and oxygen atoms in total. The molecule has 0 radical (unpaired) electrons. The van der Waals surface area contributed by atoms with Gasteiger partial charge in [-0.3, -0.25) is 4.79 Å². The first-order chi connectivity index (χ1) is 17.2. The Labute approximate surface area is 221 Å². The number of aliphatic carboxylic acids is 1. The van der Waals surface area contributed by atoms with Crippen molar-refractivity contribution >= 4 is 11.9 Å². The minimum atomic E-state index is -1.00. The second-order valence-corrected chi connectivity index (χ2v) is 13.2. The van der Waals surface area contributed by atoms with Crippen LogP contribution in [0.3, 0.4) is 0 Å². The fourth-order valence-corrected chi connectivity index (χ4v) is 8.97. The fourth-order valence-electron chi connectivity index (χ4n) is 8.97. The van der Waals surface area contributed by atoms with Gasteiger partial charge in [0.15, 0.2) is 0 Å². The summed E-state index contributed by atoms with van der Waals surface area (Å²) in [5, 5.41) is 32.7. The lowest BCUT2D eigenvalue weighted by molar-refractivity contribution is -0.146. The van der Waals surface area contributed by atoms with Crippen LogP contribution in [-0.4, -0.2) is 45.6 Å². The molecule has 0 aliphatic heterocycles. The minimum absolute atomic E-state index is 0.136. The van der Waals surface area contributed by atoms with Gasteiger partial charge in [0.05, 0.1) is 12.2 Å². The van der Waals surface area contributed by atoms with Gasteiger partial charge in [-0.15, -0.1) is 0 Å². The number of carbonyl (C=O) groups excluding carboxylic acids is 1. The zero-order chi connectivity index (χ0) is 27.5. The lowest BCUT2D eigenvalue weighted by atomic mass is 9.40. The molecule has 9 unspecified atom stereocenters. The lowest BCUT2D eigenvalue weighted by Crippen LogP contribution is -2.58. The molecule has 206 valence electrons. The van der Waals surface area contributed by atoms with Crippen molar-refractivity contribution < 1.29 is 29.6 Å². The summed E-state index contributed by atoms with van der Waals surface area (Å²) in [6, 6.07) is 0. The Morgan fingerprint density at radius 3 is 2.38 bits per heavy atom. The number of esters is 1. The SMILES string of the molecule is CC(=O)OC1CC2(C)C(/C1=C(\CCC=C(C)C)C(=O)O)C(O)C=C1C3(C)CCC(O)C(C)C3CCC12C. The van der Waals surface area contributed by atoms with E-state index >= 15 is 0 Å². The average Bonchev–Trinajstić information content (AvgIpc) is 3.08. The third kappa shape index (κ3) is 4.32. The van der Waals surface area contributed by atoms with Crippen molar-refractivity contribution in [1.29, 1.82) is 0 Å². The summed E-state index contributed by atoms with van der Waals surface area (Å²) in [5.74, 6) is -1.35. The number of rotatable bonds is 5. The van der Waals surface area contributed by atoms with Crippen molar-refractivity contribution in [1.82, 2.24) is 0 Å². The molecule has 4 rings (SSSR count). The van der Waals surface area contributed by atoms with Crippen molar-refractivity contribution in [3.8, 4) is 0 Å². The number of carbonyl (C=O) groups is 2. The van der Waals surface area contributed by atoms with Crippen molar-refractivity contribution in [2.75, 3.05) is 0 Å². The molecule has 3 fully saturated rings. The Bertz CT molecular complexity index is 1050. The van der Waals surface area contributed by atoms with Crippen LogP contribution >= 0.6 is 0 Å². The fraction of sp³-hybridized carbons (Fsp3) is 0.742. The highest BCUT2D eigenvalue weighted by Gasteiger charge is 2.68. The van der Waals surface area contributed by atoms with Crippen molar-refractivity contribution in [3.63, 3.8) is 0 Å². The zero-order valence-corrected chi connectivity index (χ0v) is 23.6. The third-order valence-electron chi connectivity index (χ3n) is 11.0. The van der Waals surface area contributed by atoms with Gasteiger partial charge in [0.1, 0.15) is 6.10 Å². The number of carboxylic acids is 1. The highest BCUT2D eigenvalue weighted by molar-refractivity contribution is 5.88. The molecule has 0 aromatic rings. The van der Waals surface area contributed by atoms with Crippen molar-refractivity contribution in [2.24, 2.45) is 34.0 Å². The van der Waals surface area contributed by atoms with Crippen LogP contribution in [0, 0.1) is 34.0 Å². The van der Waals surface area contributed by atoms with Crippen LogP contribution < -0.4 is 0 Å². The summed E-state index contributed by atoms with van der Waals surface area (Å²) >= 11 is 0. The molecule has 0 aromatic carbocycles. The van der Waals surface area contributed by atoms with Crippen molar-refractivity contribution in [2.45, 2.75) is 112 Å². The molecule has 0 amide bonds. The van der Waals surface area contributed by atoms with E-state index in [0.29, 0.717) is 30.8 Å². The van der Waals surface area contributed by atoms with E-state index in [1.807, 2.05) is 26.0 Å². The van der Waals surface area contributed by atoms with Gasteiger partial charge in [0.2, 0.25) is 0 Å². The van der Waals surface area contributed by atoms with Crippen LogP contribution in [0.2, 0.25) is 0 Å². The smallest absolute Gasteiger partial charge is 0.331 e. The molecule has 0 saturated heterocycles. The molecule has 3 saturated carbocycles. The number of aliphatic hydroxyl groups is 2. The summed E-state index contributed by atoms with van der Waals surface area (Å²) < 4.78 is 5.83. The summed E-state index contributed by atoms with van der Waals surface area (Å²) in [7, 11) is 0. The van der Waals surface area contributed by atoms with Crippen LogP contribution in [0.25, 0.3) is 0 Å². The van der Waals surface area contributed by atoms with Crippen LogP contribution in [0.1, 0.15) is 93.4 Å². The van der Waals surface area contributed by atoms with Gasteiger partial charge in [-0.05, 0) is 92.4 Å². The van der Waals surface area contributed by atoms with E-state index in [9.17, 15) is 24.9 Å². The second-order valence-electron chi connectivity index (χ2n) is 13.2. The molecule has 37 heavy (non-hydrogen) atoms. The molecule has 3 N–H and O–H groups in total. The number of ether oxygens (including phenoxy) is 1. The van der Waals surface area contributed by atoms with Crippen LogP contribution in [0.5, 0.6) is 0 Å². The predicted molar refractivity (Wildman–Crippen MR) is 143 cm³/mol. The molecular weight excluding hydrogens is 468 g/mol. The van der Waals surface area contributed by atoms with Gasteiger partial charge < -0.3 is 20.1 Å². The molecule has 6 heteroatoms. The Morgan fingerprint density at radius 2 is 1.78 bits per heavy atom. The summed E-state index contributed by atoms with van der Waals surface area (Å²) in [5.41, 5.74) is 2.35. The van der Waals surface area contributed by atoms with E-state index in [-0.39, 0.29) is 28.4 Å². The van der Waals surface area contributed by atoms with Crippen LogP contribution in [-0.2, 0) is 14.3 Å². The zero-order valence-electron chi connectivity index (χ0n) is 23.6. The van der Waals surface area contributed by atoms with E-state index in [1.54, 1.807) is 0 Å². The minimum Gasteiger partial charge on any atom is -0.478 e. The topological polar surface area (TPSA) is 104 Å². The average molecular weight is 515 g/mol. The summed E-state index contributed by atoms with van der Waals surface area (Å²) in [6.07, 6.45) is 7.12. The molecule has 0 spiro atoms. The first-order valence-corrected chi connectivity index (χ1v) is 14.0. The number of hydrogen-bond donors (Lipinski definition) is 3. The van der Waals surface area contributed by atoms with Gasteiger partial charge in [0.25, 0.3) is 0 Å². The van der Waals surface area contributed by atoms with Gasteiger partial charge in [-0.25, -0.2) is 4.79 Å². The number of fused-ring (bicyclic) bond motifs is 5. The highest BCUT2D eigenvalue weighted by atomic mass is 16.5. The number of hydrogen-bond acceptors (Lipinski definition) is 5. The van der Waals surface area contributed by atoms with E-state index in [1.165, 1.54) is 12.5 Å². The molecule has 0 bridgehead atoms. The van der Waals surface area contributed by atoms with Crippen molar-refractivity contribution in [3.05, 3.63) is 34.4 Å². The molecule has 4 aliphatic carbocycles. The summed E-state index contributed by atoms with van der Waals surface area (Å²) in [4.78, 5) is 24.8. The largest absolute Gasteiger partial charge is 0.478 e. The van der Waals surface area contributed by atoms with Gasteiger partial charge in [0, 0.05) is 18.4 Å². The summed E-state index contributed by atoms with van der Waals surface area (Å²) in [6.45, 7) is 14.3. The monoisotopic (exact) mass is 514 g/mol. The van der Waals surface area contributed by atoms with Crippen LogP contribution in [0.15, 0.2) is 34.4 Å². The van der Waals surface area contributed by atoms with E-state index < -0.39 is 35.5 Å². The first kappa shape index (κ1) is 28.1. The lowest BCUT2D eigenvalue weighted by Gasteiger charge is -2.64. The number of allylic oxidation sites excluding steroid dienone is 3. The maximum absolute atomic E-state index is 12.6. The maximum Gasteiger partial charge on any atom is 0.331 e. The number of carboxylic acid groups (broad SMARTS) is 1. The van der Waals surface area contributed by atoms with Gasteiger partial charge in [-0.1, -0.05) is 51.0 Å². The Morgan fingerprint density at radius 1 is 1.11 bits per heavy atom. The van der Waals surface area contributed by atoms with E-state index in [2.05, 4.69) is 27.7 Å².